The number of fused-ring (bicyclic) bond motifs is 1. The molecule has 13 heavy (non-hydrogen) atoms. The third-order valence-electron chi connectivity index (χ3n) is 1.83. The van der Waals surface area contributed by atoms with Crippen molar-refractivity contribution in [1.82, 2.24) is 8.96 Å². The van der Waals surface area contributed by atoms with E-state index < -0.39 is 11.3 Å². The Morgan fingerprint density at radius 1 is 1.46 bits per heavy atom. The standard InChI is InChI=1S/C8H8N2O2S/c1-6-9-7-4-2-3-5-8(7)10(6)13(11)12/h2-5H,1H3,(H,11,12). The van der Waals surface area contributed by atoms with Crippen LogP contribution in [0.5, 0.6) is 0 Å². The molecular formula is C8H8N2O2S. The fourth-order valence-electron chi connectivity index (χ4n) is 1.32. The van der Waals surface area contributed by atoms with Crippen LogP contribution in [0.25, 0.3) is 11.0 Å². The Morgan fingerprint density at radius 2 is 2.15 bits per heavy atom. The molecule has 2 rings (SSSR count). The molecular weight excluding hydrogens is 188 g/mol. The van der Waals surface area contributed by atoms with E-state index in [0.29, 0.717) is 11.3 Å². The third kappa shape index (κ3) is 1.26. The van der Waals surface area contributed by atoms with Crippen LogP contribution in [0.2, 0.25) is 0 Å². The van der Waals surface area contributed by atoms with Gasteiger partial charge in [0.1, 0.15) is 5.82 Å². The second-order valence-electron chi connectivity index (χ2n) is 2.67. The molecule has 0 aliphatic rings. The third-order valence-corrected chi connectivity index (χ3v) is 2.61. The van der Waals surface area contributed by atoms with Crippen LogP contribution < -0.4 is 0 Å². The number of nitrogens with zero attached hydrogens (tertiary/aromatic N) is 2. The summed E-state index contributed by atoms with van der Waals surface area (Å²) in [7, 11) is 0. The molecule has 0 aliphatic carbocycles. The average molecular weight is 196 g/mol. The van der Waals surface area contributed by atoms with Crippen LogP contribution in [0.3, 0.4) is 0 Å². The lowest BCUT2D eigenvalue weighted by atomic mass is 10.3. The topological polar surface area (TPSA) is 55.1 Å². The van der Waals surface area contributed by atoms with E-state index in [9.17, 15) is 4.21 Å². The van der Waals surface area contributed by atoms with Gasteiger partial charge in [0.15, 0.2) is 0 Å². The number of benzene rings is 1. The molecule has 1 aromatic carbocycles. The van der Waals surface area contributed by atoms with Crippen molar-refractivity contribution >= 4 is 22.3 Å². The van der Waals surface area contributed by atoms with E-state index in [1.54, 1.807) is 13.0 Å². The molecule has 1 aromatic heterocycles. The molecule has 2 aromatic rings. The highest BCUT2D eigenvalue weighted by molar-refractivity contribution is 7.77. The van der Waals surface area contributed by atoms with Crippen molar-refractivity contribution in [3.8, 4) is 0 Å². The van der Waals surface area contributed by atoms with Gasteiger partial charge in [-0.05, 0) is 19.1 Å². The first-order chi connectivity index (χ1) is 6.20. The van der Waals surface area contributed by atoms with E-state index in [1.165, 1.54) is 3.97 Å². The Morgan fingerprint density at radius 3 is 2.85 bits per heavy atom. The zero-order valence-corrected chi connectivity index (χ0v) is 7.78. The van der Waals surface area contributed by atoms with Gasteiger partial charge in [0.25, 0.3) is 11.3 Å². The summed E-state index contributed by atoms with van der Waals surface area (Å²) in [6.07, 6.45) is 0. The maximum atomic E-state index is 10.9. The number of imidazole rings is 1. The van der Waals surface area contributed by atoms with Gasteiger partial charge in [-0.2, -0.15) is 0 Å². The van der Waals surface area contributed by atoms with Crippen molar-refractivity contribution in [2.45, 2.75) is 6.92 Å². The van der Waals surface area contributed by atoms with Crippen molar-refractivity contribution in [2.75, 3.05) is 0 Å². The van der Waals surface area contributed by atoms with Crippen molar-refractivity contribution in [1.29, 1.82) is 0 Å². The molecule has 4 nitrogen and oxygen atoms in total. The molecule has 0 fully saturated rings. The highest BCUT2D eigenvalue weighted by Crippen LogP contribution is 2.15. The second-order valence-corrected chi connectivity index (χ2v) is 3.50. The summed E-state index contributed by atoms with van der Waals surface area (Å²) in [5.74, 6) is 0.544. The summed E-state index contributed by atoms with van der Waals surface area (Å²) in [6.45, 7) is 1.70. The fourth-order valence-corrected chi connectivity index (χ4v) is 1.91. The van der Waals surface area contributed by atoms with E-state index in [0.717, 1.165) is 5.52 Å². The van der Waals surface area contributed by atoms with Crippen LogP contribution in [-0.2, 0) is 11.3 Å². The lowest BCUT2D eigenvalue weighted by Crippen LogP contribution is -2.04. The molecule has 0 bridgehead atoms. The SMILES string of the molecule is Cc1nc2ccccc2n1S(=O)O. The van der Waals surface area contributed by atoms with Gasteiger partial charge in [-0.3, -0.25) is 4.55 Å². The minimum atomic E-state index is -2.03. The second kappa shape index (κ2) is 2.93. The first kappa shape index (κ1) is 8.40. The van der Waals surface area contributed by atoms with Crippen molar-refractivity contribution in [3.63, 3.8) is 0 Å². The Hall–Kier alpha value is -1.20. The Kier molecular flexibility index (Phi) is 1.90. The molecule has 1 N–H and O–H groups in total. The van der Waals surface area contributed by atoms with E-state index in [2.05, 4.69) is 4.98 Å². The predicted octanol–water partition coefficient (Wildman–Crippen LogP) is 1.33. The highest BCUT2D eigenvalue weighted by atomic mass is 32.2. The first-order valence-corrected chi connectivity index (χ1v) is 4.82. The maximum Gasteiger partial charge on any atom is 0.267 e. The van der Waals surface area contributed by atoms with Crippen LogP contribution in [0.1, 0.15) is 5.82 Å². The Bertz CT molecular complexity index is 478. The molecule has 0 saturated carbocycles. The van der Waals surface area contributed by atoms with Crippen molar-refractivity contribution < 1.29 is 8.76 Å². The van der Waals surface area contributed by atoms with Gasteiger partial charge in [-0.1, -0.05) is 12.1 Å². The van der Waals surface area contributed by atoms with Crippen molar-refractivity contribution in [3.05, 3.63) is 30.1 Å². The number of rotatable bonds is 1. The summed E-state index contributed by atoms with van der Waals surface area (Å²) < 4.78 is 21.2. The largest absolute Gasteiger partial charge is 0.289 e. The normalized spacial score (nSPS) is 13.4. The van der Waals surface area contributed by atoms with Gasteiger partial charge in [0, 0.05) is 0 Å². The molecule has 1 atom stereocenters. The quantitative estimate of drug-likeness (QED) is 0.700. The van der Waals surface area contributed by atoms with Crippen LogP contribution in [0.15, 0.2) is 24.3 Å². The number of aromatic nitrogens is 2. The smallest absolute Gasteiger partial charge is 0.267 e. The lowest BCUT2D eigenvalue weighted by Gasteiger charge is -1.97. The molecule has 0 spiro atoms. The summed E-state index contributed by atoms with van der Waals surface area (Å²) in [4.78, 5) is 4.14. The molecule has 0 aliphatic heterocycles. The molecule has 1 heterocycles. The fraction of sp³-hybridized carbons (Fsp3) is 0.125. The predicted molar refractivity (Wildman–Crippen MR) is 50.6 cm³/mol. The lowest BCUT2D eigenvalue weighted by molar-refractivity contribution is 0.555. The number of hydrogen-bond acceptors (Lipinski definition) is 2. The van der Waals surface area contributed by atoms with Gasteiger partial charge in [0.05, 0.1) is 11.0 Å². The first-order valence-electron chi connectivity index (χ1n) is 3.75. The highest BCUT2D eigenvalue weighted by Gasteiger charge is 2.09. The van der Waals surface area contributed by atoms with E-state index in [1.807, 2.05) is 18.2 Å². The van der Waals surface area contributed by atoms with Crippen LogP contribution >= 0.6 is 0 Å². The number of para-hydroxylation sites is 2. The summed E-state index contributed by atoms with van der Waals surface area (Å²) in [5, 5.41) is 0. The van der Waals surface area contributed by atoms with Crippen LogP contribution in [-0.4, -0.2) is 17.7 Å². The van der Waals surface area contributed by atoms with Gasteiger partial charge in [0.2, 0.25) is 0 Å². The van der Waals surface area contributed by atoms with E-state index >= 15 is 0 Å². The molecule has 5 heteroatoms. The van der Waals surface area contributed by atoms with Crippen LogP contribution in [0.4, 0.5) is 0 Å². The summed E-state index contributed by atoms with van der Waals surface area (Å²) in [5.41, 5.74) is 1.42. The zero-order chi connectivity index (χ0) is 9.42. The summed E-state index contributed by atoms with van der Waals surface area (Å²) >= 11 is -2.03. The Labute approximate surface area is 77.6 Å². The minimum absolute atomic E-state index is 0.544. The molecule has 0 amide bonds. The Balaban J connectivity index is 2.86. The molecule has 1 unspecified atom stereocenters. The molecule has 68 valence electrons. The van der Waals surface area contributed by atoms with Crippen LogP contribution in [0, 0.1) is 6.92 Å². The van der Waals surface area contributed by atoms with Gasteiger partial charge in [-0.25, -0.2) is 13.2 Å². The van der Waals surface area contributed by atoms with E-state index in [-0.39, 0.29) is 0 Å². The van der Waals surface area contributed by atoms with Gasteiger partial charge < -0.3 is 0 Å². The molecule has 0 saturated heterocycles. The molecule has 0 radical (unpaired) electrons. The average Bonchev–Trinajstić information content (AvgIpc) is 2.39. The van der Waals surface area contributed by atoms with Crippen molar-refractivity contribution in [2.24, 2.45) is 0 Å². The van der Waals surface area contributed by atoms with E-state index in [4.69, 9.17) is 4.55 Å². The monoisotopic (exact) mass is 196 g/mol. The zero-order valence-electron chi connectivity index (χ0n) is 6.97. The number of hydrogen-bond donors (Lipinski definition) is 1. The van der Waals surface area contributed by atoms with Gasteiger partial charge in [-0.15, -0.1) is 0 Å². The number of aryl methyl sites for hydroxylation is 1. The summed E-state index contributed by atoms with van der Waals surface area (Å²) in [6, 6.07) is 7.24. The maximum absolute atomic E-state index is 10.9. The van der Waals surface area contributed by atoms with Gasteiger partial charge >= 0.3 is 0 Å². The minimum Gasteiger partial charge on any atom is -0.289 e.